The van der Waals surface area contributed by atoms with Crippen LogP contribution >= 0.6 is 0 Å². The molecule has 6 nitrogen and oxygen atoms in total. The standard InChI is InChI=1S/C20H26N4O2/c1-24-17(9-11-22-24)19-15(10-12-26-19)13-21-18(14-5-3-2-4-6-14)20(25)23-16-7-8-16/h2-6,9,11,15-16,18-19,21H,7-8,10,12-13H2,1H3,(H,23,25)/t15-,18-,19+/m0/s1. The van der Waals surface area contributed by atoms with Gasteiger partial charge in [-0.1, -0.05) is 30.3 Å². The lowest BCUT2D eigenvalue weighted by atomic mass is 9.97. The van der Waals surface area contributed by atoms with E-state index >= 15 is 0 Å². The largest absolute Gasteiger partial charge is 0.372 e. The number of benzene rings is 1. The molecule has 2 aromatic rings. The number of hydrogen-bond acceptors (Lipinski definition) is 4. The molecule has 1 aromatic heterocycles. The van der Waals surface area contributed by atoms with Crippen LogP contribution in [0.15, 0.2) is 42.6 Å². The highest BCUT2D eigenvalue weighted by Gasteiger charge is 2.33. The molecular formula is C20H26N4O2. The normalized spacial score (nSPS) is 23.7. The van der Waals surface area contributed by atoms with E-state index in [0.29, 0.717) is 12.0 Å². The number of aromatic nitrogens is 2. The quantitative estimate of drug-likeness (QED) is 0.799. The third-order valence-corrected chi connectivity index (χ3v) is 5.27. The van der Waals surface area contributed by atoms with E-state index in [9.17, 15) is 4.79 Å². The SMILES string of the molecule is Cn1nccc1[C@@H]1OCC[C@H]1CN[C@H](C(=O)NC1CC1)c1ccccc1. The van der Waals surface area contributed by atoms with Crippen LogP contribution < -0.4 is 10.6 Å². The molecule has 0 spiro atoms. The van der Waals surface area contributed by atoms with Gasteiger partial charge in [-0.15, -0.1) is 0 Å². The number of nitrogens with zero attached hydrogens (tertiary/aromatic N) is 2. The molecule has 2 N–H and O–H groups in total. The number of nitrogens with one attached hydrogen (secondary N) is 2. The average Bonchev–Trinajstić information content (AvgIpc) is 3.17. The smallest absolute Gasteiger partial charge is 0.241 e. The van der Waals surface area contributed by atoms with Crippen LogP contribution in [0.25, 0.3) is 0 Å². The second-order valence-electron chi connectivity index (χ2n) is 7.25. The van der Waals surface area contributed by atoms with Crippen LogP contribution in [0.4, 0.5) is 0 Å². The highest BCUT2D eigenvalue weighted by molar-refractivity contribution is 5.83. The predicted octanol–water partition coefficient (Wildman–Crippen LogP) is 2.11. The molecule has 0 unspecified atom stereocenters. The first-order chi connectivity index (χ1) is 12.7. The molecule has 1 aromatic carbocycles. The van der Waals surface area contributed by atoms with Gasteiger partial charge in [-0.25, -0.2) is 0 Å². The number of hydrogen-bond donors (Lipinski definition) is 2. The van der Waals surface area contributed by atoms with E-state index < -0.39 is 0 Å². The van der Waals surface area contributed by atoms with E-state index in [-0.39, 0.29) is 18.1 Å². The van der Waals surface area contributed by atoms with Crippen LogP contribution in [0.3, 0.4) is 0 Å². The number of carbonyl (C=O) groups is 1. The minimum Gasteiger partial charge on any atom is -0.372 e. The van der Waals surface area contributed by atoms with Gasteiger partial charge in [-0.2, -0.15) is 5.10 Å². The molecule has 1 saturated carbocycles. The van der Waals surface area contributed by atoms with Crippen molar-refractivity contribution in [1.82, 2.24) is 20.4 Å². The van der Waals surface area contributed by atoms with Crippen molar-refractivity contribution in [3.8, 4) is 0 Å². The fraction of sp³-hybridized carbons (Fsp3) is 0.500. The van der Waals surface area contributed by atoms with Crippen molar-refractivity contribution >= 4 is 5.91 Å². The first kappa shape index (κ1) is 17.2. The second kappa shape index (κ2) is 7.60. The fourth-order valence-corrected chi connectivity index (χ4v) is 3.62. The summed E-state index contributed by atoms with van der Waals surface area (Å²) in [5.41, 5.74) is 2.09. The third kappa shape index (κ3) is 3.81. The van der Waals surface area contributed by atoms with E-state index in [4.69, 9.17) is 4.74 Å². The van der Waals surface area contributed by atoms with E-state index in [1.807, 2.05) is 48.1 Å². The van der Waals surface area contributed by atoms with Crippen LogP contribution in [0.5, 0.6) is 0 Å². The second-order valence-corrected chi connectivity index (χ2v) is 7.25. The molecule has 4 rings (SSSR count). The van der Waals surface area contributed by atoms with Crippen LogP contribution in [-0.2, 0) is 16.6 Å². The zero-order valence-corrected chi connectivity index (χ0v) is 15.1. The number of ether oxygens (including phenoxy) is 1. The maximum absolute atomic E-state index is 12.7. The first-order valence-corrected chi connectivity index (χ1v) is 9.40. The number of aryl methyl sites for hydroxylation is 1. The van der Waals surface area contributed by atoms with Gasteiger partial charge in [-0.05, 0) is 30.9 Å². The Bertz CT molecular complexity index is 741. The van der Waals surface area contributed by atoms with Crippen LogP contribution in [0, 0.1) is 5.92 Å². The van der Waals surface area contributed by atoms with Gasteiger partial charge in [0.25, 0.3) is 0 Å². The monoisotopic (exact) mass is 354 g/mol. The van der Waals surface area contributed by atoms with Crippen molar-refractivity contribution < 1.29 is 9.53 Å². The van der Waals surface area contributed by atoms with Crippen molar-refractivity contribution in [1.29, 1.82) is 0 Å². The molecule has 0 radical (unpaired) electrons. The van der Waals surface area contributed by atoms with Crippen LogP contribution in [-0.4, -0.2) is 34.9 Å². The lowest BCUT2D eigenvalue weighted by Gasteiger charge is -2.23. The predicted molar refractivity (Wildman–Crippen MR) is 98.4 cm³/mol. The summed E-state index contributed by atoms with van der Waals surface area (Å²) in [6.45, 7) is 1.47. The van der Waals surface area contributed by atoms with Gasteiger partial charge in [0.05, 0.1) is 5.69 Å². The minimum absolute atomic E-state index is 0.0258. The van der Waals surface area contributed by atoms with Crippen molar-refractivity contribution in [2.45, 2.75) is 37.5 Å². The molecular weight excluding hydrogens is 328 g/mol. The molecule has 6 heteroatoms. The molecule has 2 fully saturated rings. The van der Waals surface area contributed by atoms with Crippen molar-refractivity contribution in [3.63, 3.8) is 0 Å². The Kier molecular flexibility index (Phi) is 5.04. The summed E-state index contributed by atoms with van der Waals surface area (Å²) < 4.78 is 7.83. The van der Waals surface area contributed by atoms with Gasteiger partial charge < -0.3 is 15.4 Å². The van der Waals surface area contributed by atoms with E-state index in [1.165, 1.54) is 0 Å². The van der Waals surface area contributed by atoms with Crippen LogP contribution in [0.2, 0.25) is 0 Å². The van der Waals surface area contributed by atoms with Crippen molar-refractivity contribution in [2.24, 2.45) is 13.0 Å². The summed E-state index contributed by atoms with van der Waals surface area (Å²) in [4.78, 5) is 12.7. The molecule has 1 aliphatic carbocycles. The third-order valence-electron chi connectivity index (χ3n) is 5.27. The van der Waals surface area contributed by atoms with Gasteiger partial charge >= 0.3 is 0 Å². The molecule has 0 bridgehead atoms. The fourth-order valence-electron chi connectivity index (χ4n) is 3.62. The Labute approximate surface area is 153 Å². The van der Waals surface area contributed by atoms with E-state index in [1.54, 1.807) is 6.20 Å². The average molecular weight is 354 g/mol. The first-order valence-electron chi connectivity index (χ1n) is 9.40. The number of rotatable bonds is 7. The summed E-state index contributed by atoms with van der Waals surface area (Å²) in [7, 11) is 1.94. The summed E-state index contributed by atoms with van der Waals surface area (Å²) in [6.07, 6.45) is 4.99. The van der Waals surface area contributed by atoms with Gasteiger partial charge in [0.1, 0.15) is 12.1 Å². The summed E-state index contributed by atoms with van der Waals surface area (Å²) in [5.74, 6) is 0.389. The van der Waals surface area contributed by atoms with Crippen molar-refractivity contribution in [3.05, 3.63) is 53.9 Å². The van der Waals surface area contributed by atoms with Gasteiger partial charge in [0.15, 0.2) is 0 Å². The maximum atomic E-state index is 12.7. The molecule has 2 aliphatic rings. The van der Waals surface area contributed by atoms with Gasteiger partial charge in [0.2, 0.25) is 5.91 Å². The highest BCUT2D eigenvalue weighted by atomic mass is 16.5. The zero-order chi connectivity index (χ0) is 17.9. The Balaban J connectivity index is 1.45. The Hall–Kier alpha value is -2.18. The maximum Gasteiger partial charge on any atom is 0.241 e. The van der Waals surface area contributed by atoms with E-state index in [0.717, 1.165) is 43.7 Å². The molecule has 26 heavy (non-hydrogen) atoms. The highest BCUT2D eigenvalue weighted by Crippen LogP contribution is 2.34. The Morgan fingerprint density at radius 1 is 1.27 bits per heavy atom. The van der Waals surface area contributed by atoms with E-state index in [2.05, 4.69) is 15.7 Å². The Morgan fingerprint density at radius 2 is 2.08 bits per heavy atom. The summed E-state index contributed by atoms with van der Waals surface area (Å²) >= 11 is 0. The summed E-state index contributed by atoms with van der Waals surface area (Å²) in [6, 6.07) is 12.0. The molecule has 1 saturated heterocycles. The topological polar surface area (TPSA) is 68.2 Å². The van der Waals surface area contributed by atoms with Gasteiger partial charge in [-0.3, -0.25) is 9.48 Å². The number of amides is 1. The van der Waals surface area contributed by atoms with Gasteiger partial charge in [0, 0.05) is 38.4 Å². The molecule has 2 heterocycles. The lowest BCUT2D eigenvalue weighted by Crippen LogP contribution is -2.40. The molecule has 1 aliphatic heterocycles. The van der Waals surface area contributed by atoms with Crippen molar-refractivity contribution in [2.75, 3.05) is 13.2 Å². The molecule has 138 valence electrons. The Morgan fingerprint density at radius 3 is 2.77 bits per heavy atom. The van der Waals surface area contributed by atoms with Crippen LogP contribution in [0.1, 0.15) is 42.7 Å². The molecule has 1 amide bonds. The zero-order valence-electron chi connectivity index (χ0n) is 15.1. The summed E-state index contributed by atoms with van der Waals surface area (Å²) in [5, 5.41) is 10.9. The minimum atomic E-state index is -0.329. The molecule has 3 atom stereocenters. The number of carbonyl (C=O) groups excluding carboxylic acids is 1. The lowest BCUT2D eigenvalue weighted by molar-refractivity contribution is -0.123.